The molecule has 6 aromatic carbocycles. The van der Waals surface area contributed by atoms with Crippen molar-refractivity contribution in [3.05, 3.63) is 253 Å². The van der Waals surface area contributed by atoms with Crippen molar-refractivity contribution in [3.8, 4) is 0 Å². The summed E-state index contributed by atoms with van der Waals surface area (Å²) in [5.74, 6) is 0. The lowest BCUT2D eigenvalue weighted by molar-refractivity contribution is -0.347. The third kappa shape index (κ3) is 8.57. The van der Waals surface area contributed by atoms with Crippen molar-refractivity contribution in [1.29, 1.82) is 0 Å². The van der Waals surface area contributed by atoms with Gasteiger partial charge in [-0.2, -0.15) is 0 Å². The SMILES string of the molecule is C=CC[Si](CC=C)(CC=C)[C@]1(O)[C@@H](O)[C@](O)(Cc2ccccc2)[C@@](O)(P(=O)(Cc2ccccc2)Cc2ccccc2)[C@](O)(P(=O)(Cc2ccccc2)Cc2ccccc2)[C@@]1(O)Cc1ccccc1. The first-order chi connectivity index (χ1) is 32.6. The summed E-state index contributed by atoms with van der Waals surface area (Å²) >= 11 is 0. The maximum atomic E-state index is 17.9. The van der Waals surface area contributed by atoms with Gasteiger partial charge in [-0.3, -0.25) is 0 Å². The summed E-state index contributed by atoms with van der Waals surface area (Å²) in [6, 6.07) is 51.7. The Labute approximate surface area is 402 Å². The summed E-state index contributed by atoms with van der Waals surface area (Å²) in [4.78, 5) is 0. The molecule has 6 atom stereocenters. The maximum Gasteiger partial charge on any atom is 0.188 e. The van der Waals surface area contributed by atoms with Crippen molar-refractivity contribution < 1.29 is 39.8 Å². The topological polar surface area (TPSA) is 156 Å². The first-order valence-corrected chi connectivity index (χ1v) is 29.9. The standard InChI is InChI=1S/C57H64O8P2Si/c1-4-37-68(38-5-2,39-6-3)55(61)52(58)53(59,40-46-25-13-7-14-26-46)56(62,66(64,42-48-29-17-9-18-30-48)43-49-31-19-10-20-32-49)57(63,54(55,60)41-47-27-15-8-16-28-47)67(65,44-50-33-21-11-22-34-50)45-51-35-23-12-24-36-51/h4-36,52,58-63H,1-3,37-45H2/t52-,53+,54+,55+,56+,57+/m0/s1. The van der Waals surface area contributed by atoms with E-state index in [1.54, 1.807) is 200 Å². The Kier molecular flexibility index (Phi) is 15.3. The minimum atomic E-state index is -5.06. The molecule has 0 aromatic heterocycles. The predicted octanol–water partition coefficient (Wildman–Crippen LogP) is 10.5. The van der Waals surface area contributed by atoms with Crippen LogP contribution in [0.15, 0.2) is 220 Å². The normalized spacial score (nSPS) is 25.3. The van der Waals surface area contributed by atoms with Crippen LogP contribution in [0.3, 0.4) is 0 Å². The highest BCUT2D eigenvalue weighted by molar-refractivity contribution is 7.68. The minimum absolute atomic E-state index is 0.0288. The summed E-state index contributed by atoms with van der Waals surface area (Å²) in [5, 5.41) is 78.5. The predicted molar refractivity (Wildman–Crippen MR) is 278 cm³/mol. The Bertz CT molecular complexity index is 2610. The van der Waals surface area contributed by atoms with Gasteiger partial charge >= 0.3 is 0 Å². The zero-order chi connectivity index (χ0) is 48.7. The van der Waals surface area contributed by atoms with Gasteiger partial charge in [0.05, 0.1) is 0 Å². The van der Waals surface area contributed by atoms with Crippen LogP contribution in [-0.4, -0.2) is 71.9 Å². The molecule has 11 heteroatoms. The average molecular weight is 967 g/mol. The van der Waals surface area contributed by atoms with Crippen molar-refractivity contribution >= 4 is 22.4 Å². The number of aliphatic hydroxyl groups excluding tert-OH is 1. The lowest BCUT2D eigenvalue weighted by atomic mass is 9.62. The van der Waals surface area contributed by atoms with Crippen molar-refractivity contribution in [1.82, 2.24) is 0 Å². The van der Waals surface area contributed by atoms with E-state index >= 15 is 19.3 Å². The summed E-state index contributed by atoms with van der Waals surface area (Å²) in [7, 11) is -14.2. The second-order valence-corrected chi connectivity index (χ2v) is 29.4. The van der Waals surface area contributed by atoms with E-state index in [1.807, 2.05) is 0 Å². The van der Waals surface area contributed by atoms with Gasteiger partial charge in [0.15, 0.2) is 10.7 Å². The molecule has 0 spiro atoms. The average Bonchev–Trinajstić information content (AvgIpc) is 3.34. The third-order valence-electron chi connectivity index (χ3n) is 14.5. The van der Waals surface area contributed by atoms with Gasteiger partial charge in [-0.1, -0.05) is 200 Å². The van der Waals surface area contributed by atoms with Crippen LogP contribution in [-0.2, 0) is 46.6 Å². The van der Waals surface area contributed by atoms with E-state index in [9.17, 15) is 20.4 Å². The molecule has 0 saturated heterocycles. The summed E-state index contributed by atoms with van der Waals surface area (Å²) in [6.45, 7) is 12.2. The minimum Gasteiger partial charge on any atom is -0.387 e. The Morgan fingerprint density at radius 2 is 0.691 bits per heavy atom. The molecule has 8 nitrogen and oxygen atoms in total. The third-order valence-corrected chi connectivity index (χ3v) is 27.4. The highest BCUT2D eigenvalue weighted by atomic mass is 31.2. The molecule has 1 aliphatic rings. The van der Waals surface area contributed by atoms with Crippen LogP contribution < -0.4 is 0 Å². The van der Waals surface area contributed by atoms with E-state index in [0.717, 1.165) is 0 Å². The maximum absolute atomic E-state index is 17.9. The highest BCUT2D eigenvalue weighted by Gasteiger charge is 2.92. The molecule has 0 bridgehead atoms. The zero-order valence-corrected chi connectivity index (χ0v) is 41.3. The van der Waals surface area contributed by atoms with E-state index < -0.39 is 93.1 Å². The second kappa shape index (κ2) is 20.5. The molecule has 0 heterocycles. The molecule has 354 valence electrons. The van der Waals surface area contributed by atoms with Crippen LogP contribution in [0.5, 0.6) is 0 Å². The molecule has 1 saturated carbocycles. The summed E-state index contributed by atoms with van der Waals surface area (Å²) in [6.07, 6.45) is -1.29. The van der Waals surface area contributed by atoms with Crippen molar-refractivity contribution in [2.75, 3.05) is 0 Å². The smallest absolute Gasteiger partial charge is 0.188 e. The largest absolute Gasteiger partial charge is 0.387 e. The van der Waals surface area contributed by atoms with E-state index in [4.69, 9.17) is 0 Å². The summed E-state index contributed by atoms with van der Waals surface area (Å²) < 4.78 is 35.6. The van der Waals surface area contributed by atoms with Gasteiger partial charge in [-0.05, 0) is 51.5 Å². The van der Waals surface area contributed by atoms with Gasteiger partial charge < -0.3 is 39.8 Å². The lowest BCUT2D eigenvalue weighted by Crippen LogP contribution is -2.95. The number of hydrogen-bond donors (Lipinski definition) is 6. The molecule has 6 aromatic rings. The Hall–Kier alpha value is -5.02. The van der Waals surface area contributed by atoms with Gasteiger partial charge in [-0.15, -0.1) is 19.7 Å². The molecular formula is C57H64O8P2Si. The van der Waals surface area contributed by atoms with E-state index in [1.165, 1.54) is 0 Å². The van der Waals surface area contributed by atoms with Crippen LogP contribution in [0.1, 0.15) is 33.4 Å². The lowest BCUT2D eigenvalue weighted by Gasteiger charge is -2.73. The molecule has 0 amide bonds. The Morgan fingerprint density at radius 1 is 0.426 bits per heavy atom. The number of hydrogen-bond acceptors (Lipinski definition) is 8. The highest BCUT2D eigenvalue weighted by Crippen LogP contribution is 2.84. The summed E-state index contributed by atoms with van der Waals surface area (Å²) in [5.41, 5.74) is -4.09. The van der Waals surface area contributed by atoms with Crippen LogP contribution >= 0.6 is 14.3 Å². The quantitative estimate of drug-likeness (QED) is 0.0237. The van der Waals surface area contributed by atoms with Crippen LogP contribution in [0.2, 0.25) is 18.1 Å². The van der Waals surface area contributed by atoms with Gasteiger partial charge in [0.1, 0.15) is 44.9 Å². The molecule has 0 radical (unpaired) electrons. The van der Waals surface area contributed by atoms with Crippen LogP contribution in [0.25, 0.3) is 0 Å². The fourth-order valence-corrected chi connectivity index (χ4v) is 25.5. The van der Waals surface area contributed by atoms with E-state index in [0.29, 0.717) is 33.4 Å². The van der Waals surface area contributed by atoms with Gasteiger partial charge in [-0.25, -0.2) is 0 Å². The monoisotopic (exact) mass is 966 g/mol. The van der Waals surface area contributed by atoms with E-state index in [2.05, 4.69) is 19.7 Å². The first kappa shape index (κ1) is 50.8. The van der Waals surface area contributed by atoms with Gasteiger partial charge in [0, 0.05) is 37.5 Å². The molecule has 1 fully saturated rings. The molecule has 0 unspecified atom stereocenters. The Morgan fingerprint density at radius 3 is 0.985 bits per heavy atom. The number of rotatable bonds is 21. The Balaban J connectivity index is 1.77. The van der Waals surface area contributed by atoms with Gasteiger partial charge in [0.2, 0.25) is 0 Å². The van der Waals surface area contributed by atoms with Gasteiger partial charge in [0.25, 0.3) is 0 Å². The number of allylic oxidation sites excluding steroid dienone is 3. The molecular weight excluding hydrogens is 903 g/mol. The van der Waals surface area contributed by atoms with Crippen molar-refractivity contribution in [2.45, 2.75) is 88.8 Å². The first-order valence-electron chi connectivity index (χ1n) is 23.1. The number of benzene rings is 6. The fourth-order valence-electron chi connectivity index (χ4n) is 11.5. The molecule has 0 aliphatic heterocycles. The van der Waals surface area contributed by atoms with Crippen molar-refractivity contribution in [2.24, 2.45) is 0 Å². The zero-order valence-electron chi connectivity index (χ0n) is 38.5. The van der Waals surface area contributed by atoms with Crippen LogP contribution in [0, 0.1) is 0 Å². The molecule has 68 heavy (non-hydrogen) atoms. The fraction of sp³-hybridized carbons (Fsp3) is 0.263. The molecule has 7 rings (SSSR count). The van der Waals surface area contributed by atoms with E-state index in [-0.39, 0.29) is 18.1 Å². The van der Waals surface area contributed by atoms with Crippen molar-refractivity contribution in [3.63, 3.8) is 0 Å². The molecule has 1 aliphatic carbocycles. The molecule has 6 N–H and O–H groups in total. The number of aliphatic hydroxyl groups is 6. The van der Waals surface area contributed by atoms with Crippen LogP contribution in [0.4, 0.5) is 0 Å². The second-order valence-electron chi connectivity index (χ2n) is 18.7.